The zero-order valence-corrected chi connectivity index (χ0v) is 21.2. The molecule has 0 radical (unpaired) electrons. The van der Waals surface area contributed by atoms with E-state index in [-0.39, 0.29) is 18.7 Å². The third kappa shape index (κ3) is 4.55. The molecule has 0 aliphatic carbocycles. The van der Waals surface area contributed by atoms with Crippen molar-refractivity contribution in [1.82, 2.24) is 9.88 Å². The molecule has 2 aliphatic heterocycles. The largest absolute Gasteiger partial charge is 0.454 e. The second kappa shape index (κ2) is 9.69. The molecule has 6 heteroatoms. The van der Waals surface area contributed by atoms with Crippen LogP contribution >= 0.6 is 0 Å². The third-order valence-corrected chi connectivity index (χ3v) is 7.07. The van der Waals surface area contributed by atoms with Crippen LogP contribution in [0.4, 0.5) is 5.69 Å². The molecular weight excluding hydrogens is 462 g/mol. The lowest BCUT2D eigenvalue weighted by Gasteiger charge is -2.35. The van der Waals surface area contributed by atoms with E-state index in [4.69, 9.17) is 9.47 Å². The number of H-pyrrole nitrogens is 1. The Balaban J connectivity index is 1.31. The van der Waals surface area contributed by atoms with Gasteiger partial charge in [-0.15, -0.1) is 0 Å². The number of ether oxygens (including phenoxy) is 2. The van der Waals surface area contributed by atoms with E-state index in [2.05, 4.69) is 54.5 Å². The van der Waals surface area contributed by atoms with Gasteiger partial charge in [0.15, 0.2) is 11.5 Å². The predicted molar refractivity (Wildman–Crippen MR) is 147 cm³/mol. The summed E-state index contributed by atoms with van der Waals surface area (Å²) in [6.07, 6.45) is 4.38. The third-order valence-electron chi connectivity index (χ3n) is 7.07. The molecule has 0 spiro atoms. The highest BCUT2D eigenvalue weighted by Crippen LogP contribution is 2.42. The SMILES string of the molecule is CC(C)CNc1ccc(/C=C/C(=O)N2CCc3c([nH]c4ccccc34)C2c2ccc3c(c2)OCO3)cc1. The maximum Gasteiger partial charge on any atom is 0.247 e. The van der Waals surface area contributed by atoms with Crippen LogP contribution in [-0.2, 0) is 11.2 Å². The maximum absolute atomic E-state index is 13.6. The molecule has 0 saturated carbocycles. The van der Waals surface area contributed by atoms with E-state index in [0.717, 1.165) is 52.5 Å². The van der Waals surface area contributed by atoms with Gasteiger partial charge in [-0.3, -0.25) is 4.79 Å². The van der Waals surface area contributed by atoms with Gasteiger partial charge in [-0.1, -0.05) is 50.2 Å². The minimum atomic E-state index is -0.245. The smallest absolute Gasteiger partial charge is 0.247 e. The Kier molecular flexibility index (Phi) is 6.08. The van der Waals surface area contributed by atoms with Crippen molar-refractivity contribution < 1.29 is 14.3 Å². The van der Waals surface area contributed by atoms with Gasteiger partial charge in [0.05, 0.1) is 6.04 Å². The van der Waals surface area contributed by atoms with Crippen molar-refractivity contribution in [3.05, 3.63) is 95.2 Å². The van der Waals surface area contributed by atoms with Gasteiger partial charge in [-0.25, -0.2) is 0 Å². The van der Waals surface area contributed by atoms with Gasteiger partial charge in [0.2, 0.25) is 12.7 Å². The fraction of sp³-hybridized carbons (Fsp3) is 0.258. The Bertz CT molecular complexity index is 1470. The first-order chi connectivity index (χ1) is 18.1. The summed E-state index contributed by atoms with van der Waals surface area (Å²) in [6.45, 7) is 6.16. The van der Waals surface area contributed by atoms with Gasteiger partial charge in [0.25, 0.3) is 0 Å². The Morgan fingerprint density at radius 2 is 1.89 bits per heavy atom. The summed E-state index contributed by atoms with van der Waals surface area (Å²) in [6, 6.07) is 22.2. The number of nitrogens with one attached hydrogen (secondary N) is 2. The van der Waals surface area contributed by atoms with Gasteiger partial charge in [0, 0.05) is 41.4 Å². The average Bonchev–Trinajstić information content (AvgIpc) is 3.54. The minimum Gasteiger partial charge on any atom is -0.454 e. The van der Waals surface area contributed by atoms with Crippen molar-refractivity contribution in [1.29, 1.82) is 0 Å². The molecule has 2 aliphatic rings. The van der Waals surface area contributed by atoms with Crippen LogP contribution in [0.5, 0.6) is 11.5 Å². The Labute approximate surface area is 216 Å². The lowest BCUT2D eigenvalue weighted by molar-refractivity contribution is -0.128. The monoisotopic (exact) mass is 493 g/mol. The number of nitrogens with zero attached hydrogens (tertiary/aromatic N) is 1. The highest BCUT2D eigenvalue weighted by Gasteiger charge is 2.34. The standard InChI is InChI=1S/C31H31N3O3/c1-20(2)18-32-23-11-7-21(8-12-23)9-14-29(35)34-16-15-25-24-5-3-4-6-26(24)33-30(25)31(34)22-10-13-27-28(17-22)37-19-36-27/h3-14,17,20,31-33H,15-16,18-19H2,1-2H3/b14-9+. The summed E-state index contributed by atoms with van der Waals surface area (Å²) >= 11 is 0. The highest BCUT2D eigenvalue weighted by atomic mass is 16.7. The summed E-state index contributed by atoms with van der Waals surface area (Å²) in [4.78, 5) is 19.2. The molecule has 1 atom stereocenters. The molecule has 3 heterocycles. The van der Waals surface area contributed by atoms with Gasteiger partial charge in [-0.05, 0) is 65.4 Å². The number of carbonyl (C=O) groups excluding carboxylic acids is 1. The molecule has 0 saturated heterocycles. The second-order valence-electron chi connectivity index (χ2n) is 10.1. The predicted octanol–water partition coefficient (Wildman–Crippen LogP) is 6.15. The van der Waals surface area contributed by atoms with Crippen molar-refractivity contribution in [3.63, 3.8) is 0 Å². The molecule has 1 aromatic heterocycles. The fourth-order valence-electron chi connectivity index (χ4n) is 5.21. The van der Waals surface area contributed by atoms with Crippen molar-refractivity contribution in [2.75, 3.05) is 25.2 Å². The number of anilines is 1. The quantitative estimate of drug-likeness (QED) is 0.316. The van der Waals surface area contributed by atoms with Crippen LogP contribution in [0.3, 0.4) is 0 Å². The summed E-state index contributed by atoms with van der Waals surface area (Å²) < 4.78 is 11.2. The first-order valence-electron chi connectivity index (χ1n) is 12.9. The highest BCUT2D eigenvalue weighted by molar-refractivity contribution is 5.93. The number of amides is 1. The normalized spacial score (nSPS) is 16.5. The van der Waals surface area contributed by atoms with E-state index in [0.29, 0.717) is 12.5 Å². The van der Waals surface area contributed by atoms with Crippen molar-refractivity contribution in [2.45, 2.75) is 26.3 Å². The summed E-state index contributed by atoms with van der Waals surface area (Å²) in [5.41, 5.74) is 6.51. The molecule has 6 nitrogen and oxygen atoms in total. The number of fused-ring (bicyclic) bond motifs is 4. The maximum atomic E-state index is 13.6. The minimum absolute atomic E-state index is 0.0195. The van der Waals surface area contributed by atoms with Crippen LogP contribution < -0.4 is 14.8 Å². The van der Waals surface area contributed by atoms with E-state index in [1.54, 1.807) is 6.08 Å². The lowest BCUT2D eigenvalue weighted by Crippen LogP contribution is -2.39. The Morgan fingerprint density at radius 1 is 1.08 bits per heavy atom. The zero-order chi connectivity index (χ0) is 25.4. The van der Waals surface area contributed by atoms with Crippen LogP contribution in [-0.4, -0.2) is 35.7 Å². The number of aromatic nitrogens is 1. The summed E-state index contributed by atoms with van der Waals surface area (Å²) in [5, 5.41) is 4.65. The molecule has 4 aromatic rings. The number of hydrogen-bond acceptors (Lipinski definition) is 4. The molecule has 6 rings (SSSR count). The first-order valence-corrected chi connectivity index (χ1v) is 12.9. The first kappa shape index (κ1) is 23.2. The number of benzene rings is 3. The molecule has 1 amide bonds. The van der Waals surface area contributed by atoms with Crippen LogP contribution in [0.15, 0.2) is 72.8 Å². The number of carbonyl (C=O) groups is 1. The molecule has 2 N–H and O–H groups in total. The molecule has 188 valence electrons. The number of rotatable bonds is 6. The number of para-hydroxylation sites is 1. The fourth-order valence-corrected chi connectivity index (χ4v) is 5.21. The van der Waals surface area contributed by atoms with Crippen LogP contribution in [0.2, 0.25) is 0 Å². The Morgan fingerprint density at radius 3 is 2.73 bits per heavy atom. The van der Waals surface area contributed by atoms with Crippen molar-refractivity contribution in [3.8, 4) is 11.5 Å². The van der Waals surface area contributed by atoms with Crippen LogP contribution in [0, 0.1) is 5.92 Å². The second-order valence-corrected chi connectivity index (χ2v) is 10.1. The number of hydrogen-bond donors (Lipinski definition) is 2. The molecular formula is C31H31N3O3. The van der Waals surface area contributed by atoms with E-state index in [1.807, 2.05) is 47.4 Å². The van der Waals surface area contributed by atoms with Gasteiger partial charge in [0.1, 0.15) is 0 Å². The Hall–Kier alpha value is -4.19. The van der Waals surface area contributed by atoms with Crippen molar-refractivity contribution in [2.24, 2.45) is 5.92 Å². The molecule has 1 unspecified atom stereocenters. The molecule has 37 heavy (non-hydrogen) atoms. The summed E-state index contributed by atoms with van der Waals surface area (Å²) in [7, 11) is 0. The van der Waals surface area contributed by atoms with Gasteiger partial charge >= 0.3 is 0 Å². The van der Waals surface area contributed by atoms with E-state index in [1.165, 1.54) is 10.9 Å². The van der Waals surface area contributed by atoms with Gasteiger partial charge in [-0.2, -0.15) is 0 Å². The van der Waals surface area contributed by atoms with Crippen molar-refractivity contribution >= 4 is 28.6 Å². The molecule has 0 bridgehead atoms. The summed E-state index contributed by atoms with van der Waals surface area (Å²) in [5.74, 6) is 2.02. The van der Waals surface area contributed by atoms with E-state index < -0.39 is 0 Å². The zero-order valence-electron chi connectivity index (χ0n) is 21.2. The van der Waals surface area contributed by atoms with E-state index in [9.17, 15) is 4.79 Å². The molecule has 0 fully saturated rings. The molecule has 3 aromatic carbocycles. The van der Waals surface area contributed by atoms with Crippen LogP contribution in [0.25, 0.3) is 17.0 Å². The van der Waals surface area contributed by atoms with Gasteiger partial charge < -0.3 is 24.7 Å². The van der Waals surface area contributed by atoms with Crippen LogP contribution in [0.1, 0.15) is 42.3 Å². The average molecular weight is 494 g/mol. The van der Waals surface area contributed by atoms with E-state index >= 15 is 0 Å². The topological polar surface area (TPSA) is 66.6 Å². The lowest BCUT2D eigenvalue weighted by atomic mass is 9.92. The number of aromatic amines is 1.